The highest BCUT2D eigenvalue weighted by Crippen LogP contribution is 2.28. The lowest BCUT2D eigenvalue weighted by Crippen LogP contribution is -2.29. The summed E-state index contributed by atoms with van der Waals surface area (Å²) in [5, 5.41) is 12.1. The number of benzene rings is 2. The van der Waals surface area contributed by atoms with Crippen LogP contribution in [0.5, 0.6) is 0 Å². The van der Waals surface area contributed by atoms with Crippen molar-refractivity contribution in [3.05, 3.63) is 60.2 Å². The van der Waals surface area contributed by atoms with Crippen LogP contribution in [0, 0.1) is 0 Å². The lowest BCUT2D eigenvalue weighted by molar-refractivity contribution is -0.139. The number of carboxylic acids is 1. The molecule has 4 heteroatoms. The van der Waals surface area contributed by atoms with E-state index >= 15 is 0 Å². The molecule has 2 aromatic carbocycles. The third-order valence-electron chi connectivity index (χ3n) is 3.92. The second-order valence-electron chi connectivity index (χ2n) is 5.22. The van der Waals surface area contributed by atoms with E-state index in [1.807, 2.05) is 18.2 Å². The third kappa shape index (κ3) is 3.43. The van der Waals surface area contributed by atoms with Crippen molar-refractivity contribution >= 4 is 18.4 Å². The van der Waals surface area contributed by atoms with Crippen molar-refractivity contribution in [1.82, 2.24) is 5.32 Å². The maximum atomic E-state index is 11.0. The van der Waals surface area contributed by atoms with Crippen LogP contribution in [-0.2, 0) is 4.79 Å². The highest BCUT2D eigenvalue weighted by molar-refractivity contribution is 5.85. The maximum absolute atomic E-state index is 11.0. The second kappa shape index (κ2) is 6.74. The Morgan fingerprint density at radius 2 is 1.62 bits per heavy atom. The quantitative estimate of drug-likeness (QED) is 0.914. The molecular weight excluding hydrogens is 286 g/mol. The van der Waals surface area contributed by atoms with Crippen LogP contribution in [0.15, 0.2) is 54.6 Å². The minimum atomic E-state index is -0.756. The van der Waals surface area contributed by atoms with Crippen LogP contribution in [0.25, 0.3) is 11.1 Å². The van der Waals surface area contributed by atoms with Gasteiger partial charge in [0.15, 0.2) is 0 Å². The first kappa shape index (κ1) is 15.5. The van der Waals surface area contributed by atoms with Crippen LogP contribution in [0.1, 0.15) is 17.9 Å². The summed E-state index contributed by atoms with van der Waals surface area (Å²) in [6.07, 6.45) is 0.667. The average molecular weight is 304 g/mol. The summed E-state index contributed by atoms with van der Waals surface area (Å²) in [7, 11) is 0. The van der Waals surface area contributed by atoms with Gasteiger partial charge in [-0.1, -0.05) is 54.6 Å². The zero-order chi connectivity index (χ0) is 13.9. The summed E-state index contributed by atoms with van der Waals surface area (Å²) in [5.74, 6) is -0.464. The number of hydrogen-bond donors (Lipinski definition) is 2. The van der Waals surface area contributed by atoms with Crippen molar-refractivity contribution in [1.29, 1.82) is 0 Å². The number of carboxylic acid groups (broad SMARTS) is 1. The van der Waals surface area contributed by atoms with E-state index in [2.05, 4.69) is 41.7 Å². The van der Waals surface area contributed by atoms with Crippen molar-refractivity contribution in [2.24, 2.45) is 0 Å². The fourth-order valence-corrected chi connectivity index (χ4v) is 2.76. The molecule has 0 saturated carbocycles. The number of rotatable bonds is 3. The standard InChI is InChI=1S/C17H17NO2.ClH/c19-17(20)16-10-15(11-18-16)14-8-6-13(7-9-14)12-4-2-1-3-5-12;/h1-9,15-16,18H,10-11H2,(H,19,20);1H/t15?,16-;/m0./s1. The fraction of sp³-hybridized carbons (Fsp3) is 0.235. The highest BCUT2D eigenvalue weighted by Gasteiger charge is 2.29. The predicted molar refractivity (Wildman–Crippen MR) is 85.9 cm³/mol. The first-order valence-corrected chi connectivity index (χ1v) is 6.85. The lowest BCUT2D eigenvalue weighted by atomic mass is 9.94. The first-order valence-electron chi connectivity index (χ1n) is 6.85. The molecule has 0 radical (unpaired) electrons. The molecule has 1 unspecified atom stereocenters. The van der Waals surface area contributed by atoms with Crippen LogP contribution in [0.4, 0.5) is 0 Å². The lowest BCUT2D eigenvalue weighted by Gasteiger charge is -2.10. The summed E-state index contributed by atoms with van der Waals surface area (Å²) in [5.41, 5.74) is 3.60. The Balaban J connectivity index is 0.00000161. The van der Waals surface area contributed by atoms with Crippen molar-refractivity contribution in [2.45, 2.75) is 18.4 Å². The zero-order valence-corrected chi connectivity index (χ0v) is 12.3. The average Bonchev–Trinajstić information content (AvgIpc) is 2.98. The van der Waals surface area contributed by atoms with E-state index < -0.39 is 12.0 Å². The number of hydrogen-bond acceptors (Lipinski definition) is 2. The van der Waals surface area contributed by atoms with Crippen LogP contribution >= 0.6 is 12.4 Å². The van der Waals surface area contributed by atoms with E-state index in [1.165, 1.54) is 16.7 Å². The van der Waals surface area contributed by atoms with Gasteiger partial charge in [0, 0.05) is 6.54 Å². The topological polar surface area (TPSA) is 49.3 Å². The molecule has 2 atom stereocenters. The van der Waals surface area contributed by atoms with E-state index in [0.29, 0.717) is 12.3 Å². The van der Waals surface area contributed by atoms with Gasteiger partial charge in [0.1, 0.15) is 6.04 Å². The van der Waals surface area contributed by atoms with Crippen LogP contribution in [0.3, 0.4) is 0 Å². The van der Waals surface area contributed by atoms with Gasteiger partial charge in [-0.2, -0.15) is 0 Å². The maximum Gasteiger partial charge on any atom is 0.320 e. The molecule has 0 amide bonds. The molecule has 21 heavy (non-hydrogen) atoms. The molecule has 110 valence electrons. The predicted octanol–water partition coefficient (Wildman–Crippen LogP) is 3.31. The normalized spacial score (nSPS) is 20.8. The van der Waals surface area contributed by atoms with Gasteiger partial charge in [-0.25, -0.2) is 0 Å². The molecule has 0 aromatic heterocycles. The van der Waals surface area contributed by atoms with Crippen LogP contribution in [-0.4, -0.2) is 23.7 Å². The smallest absolute Gasteiger partial charge is 0.320 e. The van der Waals surface area contributed by atoms with Gasteiger partial charge in [0.2, 0.25) is 0 Å². The molecule has 1 aliphatic heterocycles. The molecule has 0 aliphatic carbocycles. The van der Waals surface area contributed by atoms with E-state index in [0.717, 1.165) is 6.54 Å². The largest absolute Gasteiger partial charge is 0.480 e. The Morgan fingerprint density at radius 3 is 2.19 bits per heavy atom. The first-order chi connectivity index (χ1) is 9.74. The third-order valence-corrected chi connectivity index (χ3v) is 3.92. The Kier molecular flexibility index (Phi) is 4.99. The van der Waals surface area contributed by atoms with Gasteiger partial charge < -0.3 is 10.4 Å². The van der Waals surface area contributed by atoms with Crippen LogP contribution in [0.2, 0.25) is 0 Å². The molecule has 2 aromatic rings. The number of aliphatic carboxylic acids is 1. The summed E-state index contributed by atoms with van der Waals surface area (Å²) in [6, 6.07) is 18.3. The molecule has 1 saturated heterocycles. The summed E-state index contributed by atoms with van der Waals surface area (Å²) >= 11 is 0. The molecule has 1 heterocycles. The summed E-state index contributed by atoms with van der Waals surface area (Å²) in [4.78, 5) is 11.0. The van der Waals surface area contributed by atoms with E-state index in [1.54, 1.807) is 0 Å². The van der Waals surface area contributed by atoms with Gasteiger partial charge in [-0.3, -0.25) is 4.79 Å². The minimum Gasteiger partial charge on any atom is -0.480 e. The van der Waals surface area contributed by atoms with Crippen molar-refractivity contribution in [2.75, 3.05) is 6.54 Å². The van der Waals surface area contributed by atoms with E-state index in [9.17, 15) is 4.79 Å². The zero-order valence-electron chi connectivity index (χ0n) is 11.5. The van der Waals surface area contributed by atoms with Gasteiger partial charge >= 0.3 is 5.97 Å². The van der Waals surface area contributed by atoms with Gasteiger partial charge in [0.05, 0.1) is 0 Å². The Labute approximate surface area is 130 Å². The monoisotopic (exact) mass is 303 g/mol. The number of carbonyl (C=O) groups is 1. The fourth-order valence-electron chi connectivity index (χ4n) is 2.76. The second-order valence-corrected chi connectivity index (χ2v) is 5.22. The Bertz CT molecular complexity index is 598. The molecule has 1 aliphatic rings. The molecule has 3 nitrogen and oxygen atoms in total. The summed E-state index contributed by atoms with van der Waals surface area (Å²) in [6.45, 7) is 0.738. The van der Waals surface area contributed by atoms with E-state index in [-0.39, 0.29) is 12.4 Å². The highest BCUT2D eigenvalue weighted by atomic mass is 35.5. The SMILES string of the molecule is Cl.O=C(O)[C@@H]1CC(c2ccc(-c3ccccc3)cc2)CN1. The molecular formula is C17H18ClNO2. The van der Waals surface area contributed by atoms with Crippen LogP contribution < -0.4 is 5.32 Å². The van der Waals surface area contributed by atoms with Gasteiger partial charge in [0.25, 0.3) is 0 Å². The van der Waals surface area contributed by atoms with Crippen molar-refractivity contribution in [3.8, 4) is 11.1 Å². The summed E-state index contributed by atoms with van der Waals surface area (Å²) < 4.78 is 0. The van der Waals surface area contributed by atoms with E-state index in [4.69, 9.17) is 5.11 Å². The molecule has 1 fully saturated rings. The molecule has 0 bridgehead atoms. The van der Waals surface area contributed by atoms with Crippen molar-refractivity contribution < 1.29 is 9.90 Å². The number of halogens is 1. The van der Waals surface area contributed by atoms with Gasteiger partial charge in [-0.15, -0.1) is 12.4 Å². The Morgan fingerprint density at radius 1 is 1.00 bits per heavy atom. The Hall–Kier alpha value is -1.84. The van der Waals surface area contributed by atoms with Gasteiger partial charge in [-0.05, 0) is 29.0 Å². The molecule has 3 rings (SSSR count). The number of nitrogens with one attached hydrogen (secondary N) is 1. The minimum absolute atomic E-state index is 0. The van der Waals surface area contributed by atoms with Crippen molar-refractivity contribution in [3.63, 3.8) is 0 Å². The molecule has 0 spiro atoms. The molecule has 2 N–H and O–H groups in total.